The lowest BCUT2D eigenvalue weighted by Gasteiger charge is -2.12. The fourth-order valence-electron chi connectivity index (χ4n) is 2.76. The smallest absolute Gasteiger partial charge is 0.341 e. The van der Waals surface area contributed by atoms with Crippen LogP contribution in [0.15, 0.2) is 34.5 Å². The van der Waals surface area contributed by atoms with Crippen molar-refractivity contribution in [3.63, 3.8) is 0 Å². The Bertz CT molecular complexity index is 1010. The molecule has 1 aromatic heterocycles. The molecule has 0 atom stereocenters. The van der Waals surface area contributed by atoms with Gasteiger partial charge in [0.05, 0.1) is 17.1 Å². The third kappa shape index (κ3) is 4.11. The molecule has 7 nitrogen and oxygen atoms in total. The van der Waals surface area contributed by atoms with Gasteiger partial charge in [-0.15, -0.1) is 11.3 Å². The Hall–Kier alpha value is -2.23. The van der Waals surface area contributed by atoms with E-state index in [1.54, 1.807) is 6.92 Å². The summed E-state index contributed by atoms with van der Waals surface area (Å²) in [6, 6.07) is 5.81. The average Bonchev–Trinajstić information content (AvgIpc) is 3.42. The maximum atomic E-state index is 12.7. The number of anilines is 1. The van der Waals surface area contributed by atoms with Crippen LogP contribution in [0.4, 0.5) is 5.00 Å². The van der Waals surface area contributed by atoms with E-state index < -0.39 is 21.9 Å². The van der Waals surface area contributed by atoms with Gasteiger partial charge >= 0.3 is 5.97 Å². The van der Waals surface area contributed by atoms with Gasteiger partial charge in [-0.3, -0.25) is 4.79 Å². The van der Waals surface area contributed by atoms with E-state index in [4.69, 9.17) is 4.74 Å². The molecule has 0 radical (unpaired) electrons. The molecule has 9 heteroatoms. The topological polar surface area (TPSA) is 92.8 Å². The Balaban J connectivity index is 1.89. The van der Waals surface area contributed by atoms with Crippen molar-refractivity contribution < 1.29 is 22.7 Å². The largest absolute Gasteiger partial charge is 0.462 e. The highest BCUT2D eigenvalue weighted by molar-refractivity contribution is 7.89. The highest BCUT2D eigenvalue weighted by Crippen LogP contribution is 2.46. The number of thiophene rings is 1. The number of carbonyl (C=O) groups is 2. The van der Waals surface area contributed by atoms with Gasteiger partial charge in [0.2, 0.25) is 10.0 Å². The Morgan fingerprint density at radius 3 is 2.61 bits per heavy atom. The fourth-order valence-corrected chi connectivity index (χ4v) is 4.73. The second kappa shape index (κ2) is 8.02. The Labute approximate surface area is 168 Å². The van der Waals surface area contributed by atoms with Crippen LogP contribution in [0.5, 0.6) is 0 Å². The molecule has 0 unspecified atom stereocenters. The average molecular weight is 423 g/mol. The lowest BCUT2D eigenvalue weighted by Crippen LogP contribution is -2.23. The van der Waals surface area contributed by atoms with Gasteiger partial charge in [-0.2, -0.15) is 0 Å². The van der Waals surface area contributed by atoms with Crippen LogP contribution >= 0.6 is 11.3 Å². The van der Waals surface area contributed by atoms with Crippen molar-refractivity contribution in [3.05, 3.63) is 46.3 Å². The first-order valence-electron chi connectivity index (χ1n) is 8.88. The number of hydrogen-bond acceptors (Lipinski definition) is 6. The number of amides is 1. The fraction of sp³-hybridized carbons (Fsp3) is 0.368. The van der Waals surface area contributed by atoms with Crippen LogP contribution in [-0.4, -0.2) is 45.3 Å². The van der Waals surface area contributed by atoms with E-state index in [1.165, 1.54) is 49.7 Å². The summed E-state index contributed by atoms with van der Waals surface area (Å²) in [6.07, 6.45) is 2.03. The van der Waals surface area contributed by atoms with Crippen LogP contribution in [0.2, 0.25) is 0 Å². The van der Waals surface area contributed by atoms with E-state index in [2.05, 4.69) is 5.32 Å². The van der Waals surface area contributed by atoms with Crippen LogP contribution < -0.4 is 5.32 Å². The number of sulfonamides is 1. The number of esters is 1. The molecule has 0 spiro atoms. The summed E-state index contributed by atoms with van der Waals surface area (Å²) in [5.41, 5.74) is 1.50. The minimum Gasteiger partial charge on any atom is -0.462 e. The zero-order chi connectivity index (χ0) is 20.5. The normalized spacial score (nSPS) is 14.1. The Morgan fingerprint density at radius 1 is 1.29 bits per heavy atom. The van der Waals surface area contributed by atoms with E-state index in [0.29, 0.717) is 16.5 Å². The molecular formula is C19H22N2O5S2. The molecule has 0 bridgehead atoms. The first-order chi connectivity index (χ1) is 13.3. The summed E-state index contributed by atoms with van der Waals surface area (Å²) in [6.45, 7) is 1.98. The molecule has 150 valence electrons. The molecule has 1 amide bonds. The minimum atomic E-state index is -3.65. The Kier molecular flexibility index (Phi) is 5.87. The first kappa shape index (κ1) is 20.5. The van der Waals surface area contributed by atoms with Crippen molar-refractivity contribution in [2.45, 2.75) is 30.6 Å². The van der Waals surface area contributed by atoms with Gasteiger partial charge in [0.1, 0.15) is 5.00 Å². The second-order valence-electron chi connectivity index (χ2n) is 6.66. The number of carbonyl (C=O) groups excluding carboxylic acids is 2. The molecule has 1 saturated carbocycles. The summed E-state index contributed by atoms with van der Waals surface area (Å²) in [5.74, 6) is -0.606. The predicted molar refractivity (Wildman–Crippen MR) is 108 cm³/mol. The van der Waals surface area contributed by atoms with E-state index in [0.717, 1.165) is 22.7 Å². The monoisotopic (exact) mass is 422 g/mol. The second-order valence-corrected chi connectivity index (χ2v) is 9.69. The number of nitrogens with zero attached hydrogens (tertiary/aromatic N) is 1. The molecule has 1 fully saturated rings. The first-order valence-corrected chi connectivity index (χ1v) is 11.2. The van der Waals surface area contributed by atoms with Crippen LogP contribution in [0.3, 0.4) is 0 Å². The van der Waals surface area contributed by atoms with Crippen LogP contribution in [-0.2, 0) is 14.8 Å². The molecule has 28 heavy (non-hydrogen) atoms. The maximum Gasteiger partial charge on any atom is 0.341 e. The van der Waals surface area contributed by atoms with E-state index in [9.17, 15) is 18.0 Å². The van der Waals surface area contributed by atoms with Gasteiger partial charge in [0, 0.05) is 19.7 Å². The molecule has 1 aliphatic carbocycles. The third-order valence-electron chi connectivity index (χ3n) is 4.42. The summed E-state index contributed by atoms with van der Waals surface area (Å²) in [7, 11) is -0.793. The molecule has 2 aromatic rings. The number of hydrogen-bond donors (Lipinski definition) is 1. The number of rotatable bonds is 7. The van der Waals surface area contributed by atoms with E-state index >= 15 is 0 Å². The molecule has 1 N–H and O–H groups in total. The van der Waals surface area contributed by atoms with Gasteiger partial charge in [-0.25, -0.2) is 17.5 Å². The number of ether oxygens (including phenoxy) is 1. The predicted octanol–water partition coefficient (Wildman–Crippen LogP) is 3.30. The SMILES string of the molecule is CCOC(=O)c1c(C2CC2)csc1NC(=O)c1cccc(S(=O)(=O)N(C)C)c1. The lowest BCUT2D eigenvalue weighted by molar-refractivity contribution is 0.0527. The van der Waals surface area contributed by atoms with Crippen LogP contribution in [0.1, 0.15) is 52.0 Å². The molecular weight excluding hydrogens is 400 g/mol. The Morgan fingerprint density at radius 2 is 2.00 bits per heavy atom. The summed E-state index contributed by atoms with van der Waals surface area (Å²) in [4.78, 5) is 25.2. The van der Waals surface area contributed by atoms with E-state index in [-0.39, 0.29) is 17.1 Å². The summed E-state index contributed by atoms with van der Waals surface area (Å²) in [5, 5.41) is 5.05. The van der Waals surface area contributed by atoms with Gasteiger partial charge < -0.3 is 10.1 Å². The van der Waals surface area contributed by atoms with Crippen molar-refractivity contribution >= 4 is 38.2 Å². The third-order valence-corrected chi connectivity index (χ3v) is 7.14. The van der Waals surface area contributed by atoms with Crippen LogP contribution in [0, 0.1) is 0 Å². The van der Waals surface area contributed by atoms with Crippen molar-refractivity contribution in [1.82, 2.24) is 4.31 Å². The molecule has 0 saturated heterocycles. The number of benzene rings is 1. The number of nitrogens with one attached hydrogen (secondary N) is 1. The van der Waals surface area contributed by atoms with Crippen molar-refractivity contribution in [2.24, 2.45) is 0 Å². The quantitative estimate of drug-likeness (QED) is 0.691. The van der Waals surface area contributed by atoms with Crippen LogP contribution in [0.25, 0.3) is 0 Å². The molecule has 1 heterocycles. The van der Waals surface area contributed by atoms with Gasteiger partial charge in [0.15, 0.2) is 0 Å². The standard InChI is InChI=1S/C19H22N2O5S2/c1-4-26-19(23)16-15(12-8-9-12)11-27-18(16)20-17(22)13-6-5-7-14(10-13)28(24,25)21(2)3/h5-7,10-12H,4,8-9H2,1-3H3,(H,20,22). The highest BCUT2D eigenvalue weighted by Gasteiger charge is 2.32. The molecule has 1 aromatic carbocycles. The van der Waals surface area contributed by atoms with Crippen molar-refractivity contribution in [2.75, 3.05) is 26.0 Å². The summed E-state index contributed by atoms with van der Waals surface area (Å²) < 4.78 is 30.8. The lowest BCUT2D eigenvalue weighted by atomic mass is 10.1. The summed E-state index contributed by atoms with van der Waals surface area (Å²) >= 11 is 1.28. The van der Waals surface area contributed by atoms with Crippen molar-refractivity contribution in [1.29, 1.82) is 0 Å². The van der Waals surface area contributed by atoms with Gasteiger partial charge in [-0.1, -0.05) is 6.07 Å². The molecule has 1 aliphatic rings. The minimum absolute atomic E-state index is 0.0283. The molecule has 3 rings (SSSR count). The highest BCUT2D eigenvalue weighted by atomic mass is 32.2. The van der Waals surface area contributed by atoms with Crippen molar-refractivity contribution in [3.8, 4) is 0 Å². The van der Waals surface area contributed by atoms with Gasteiger partial charge in [0.25, 0.3) is 5.91 Å². The molecule has 0 aliphatic heterocycles. The maximum absolute atomic E-state index is 12.7. The zero-order valence-electron chi connectivity index (χ0n) is 15.9. The van der Waals surface area contributed by atoms with E-state index in [1.807, 2.05) is 5.38 Å². The van der Waals surface area contributed by atoms with Gasteiger partial charge in [-0.05, 0) is 54.8 Å². The zero-order valence-corrected chi connectivity index (χ0v) is 17.5.